The van der Waals surface area contributed by atoms with Crippen molar-refractivity contribution in [1.29, 1.82) is 0 Å². The lowest BCUT2D eigenvalue weighted by Crippen LogP contribution is -2.25. The second kappa shape index (κ2) is 6.43. The Morgan fingerprint density at radius 2 is 2.05 bits per heavy atom. The number of nitrogens with one attached hydrogen (secondary N) is 1. The van der Waals surface area contributed by atoms with Gasteiger partial charge in [-0.1, -0.05) is 13.0 Å². The number of anilines is 1. The van der Waals surface area contributed by atoms with E-state index in [4.69, 9.17) is 5.73 Å². The van der Waals surface area contributed by atoms with Gasteiger partial charge in [0.25, 0.3) is 0 Å². The Balaban J connectivity index is 2.44. The van der Waals surface area contributed by atoms with Crippen molar-refractivity contribution in [3.8, 4) is 0 Å². The molecule has 0 aliphatic heterocycles. The smallest absolute Gasteiger partial charge is 0.131 e. The van der Waals surface area contributed by atoms with Gasteiger partial charge in [0.2, 0.25) is 0 Å². The van der Waals surface area contributed by atoms with Gasteiger partial charge in [0.1, 0.15) is 11.6 Å². The molecule has 1 aromatic heterocycles. The fraction of sp³-hybridized carbons (Fsp3) is 0.267. The third-order valence-electron chi connectivity index (χ3n) is 3.07. The molecule has 0 spiro atoms. The van der Waals surface area contributed by atoms with E-state index < -0.39 is 17.7 Å². The number of nitrogens with zero attached hydrogens (tertiary/aromatic N) is 1. The van der Waals surface area contributed by atoms with Crippen LogP contribution in [-0.4, -0.2) is 11.5 Å². The van der Waals surface area contributed by atoms with Crippen molar-refractivity contribution in [3.63, 3.8) is 0 Å². The van der Waals surface area contributed by atoms with Gasteiger partial charge < -0.3 is 11.1 Å². The van der Waals surface area contributed by atoms with Gasteiger partial charge in [0, 0.05) is 35.3 Å². The van der Waals surface area contributed by atoms with Crippen molar-refractivity contribution in [2.24, 2.45) is 0 Å². The topological polar surface area (TPSA) is 50.9 Å². The first-order chi connectivity index (χ1) is 9.63. The molecule has 0 fully saturated rings. The van der Waals surface area contributed by atoms with Crippen LogP contribution in [0.25, 0.3) is 0 Å². The number of nitrogen functional groups attached to an aromatic ring is 1. The van der Waals surface area contributed by atoms with Gasteiger partial charge in [-0.25, -0.2) is 8.78 Å². The molecule has 2 rings (SSSR count). The van der Waals surface area contributed by atoms with E-state index in [1.807, 2.05) is 6.92 Å². The predicted molar refractivity (Wildman–Crippen MR) is 75.1 cm³/mol. The average Bonchev–Trinajstić information content (AvgIpc) is 2.42. The molecule has 1 heterocycles. The van der Waals surface area contributed by atoms with Crippen molar-refractivity contribution in [2.75, 3.05) is 12.3 Å². The summed E-state index contributed by atoms with van der Waals surface area (Å²) in [6, 6.07) is 4.78. The van der Waals surface area contributed by atoms with Gasteiger partial charge in [-0.05, 0) is 25.1 Å². The van der Waals surface area contributed by atoms with Gasteiger partial charge in [0.15, 0.2) is 0 Å². The van der Waals surface area contributed by atoms with Crippen LogP contribution in [-0.2, 0) is 0 Å². The molecule has 106 valence electrons. The normalized spacial score (nSPS) is 12.3. The zero-order valence-corrected chi connectivity index (χ0v) is 11.2. The number of hydrogen-bond acceptors (Lipinski definition) is 3. The molecule has 0 bridgehead atoms. The van der Waals surface area contributed by atoms with Gasteiger partial charge in [0.05, 0.1) is 6.04 Å². The van der Waals surface area contributed by atoms with E-state index in [0.29, 0.717) is 23.4 Å². The van der Waals surface area contributed by atoms with Crippen LogP contribution in [0.5, 0.6) is 0 Å². The lowest BCUT2D eigenvalue weighted by molar-refractivity contribution is 0.533. The van der Waals surface area contributed by atoms with Crippen molar-refractivity contribution in [2.45, 2.75) is 19.4 Å². The molecular weight excluding hydrogens is 260 g/mol. The fourth-order valence-electron chi connectivity index (χ4n) is 2.07. The Labute approximate surface area is 116 Å². The number of aromatic nitrogens is 1. The second-order valence-corrected chi connectivity index (χ2v) is 4.56. The SMILES string of the molecule is CCCNC(c1cnccc1N)c1ccc(F)cc1F. The standard InChI is InChI=1S/C15H17F2N3/c1-2-6-20-15(12-9-19-7-5-14(12)18)11-4-3-10(16)8-13(11)17/h3-5,7-9,15,20H,2,6H2,1H3,(H2,18,19). The monoisotopic (exact) mass is 277 g/mol. The maximum Gasteiger partial charge on any atom is 0.131 e. The summed E-state index contributed by atoms with van der Waals surface area (Å²) in [6.07, 6.45) is 4.07. The maximum atomic E-state index is 14.0. The molecule has 1 unspecified atom stereocenters. The molecular formula is C15H17F2N3. The number of rotatable bonds is 5. The first-order valence-electron chi connectivity index (χ1n) is 6.51. The first-order valence-corrected chi connectivity index (χ1v) is 6.51. The van der Waals surface area contributed by atoms with E-state index in [-0.39, 0.29) is 0 Å². The van der Waals surface area contributed by atoms with Crippen LogP contribution in [0.3, 0.4) is 0 Å². The Kier molecular flexibility index (Phi) is 4.63. The summed E-state index contributed by atoms with van der Waals surface area (Å²) in [5, 5.41) is 3.22. The van der Waals surface area contributed by atoms with Crippen LogP contribution < -0.4 is 11.1 Å². The predicted octanol–water partition coefficient (Wildman–Crippen LogP) is 3.03. The van der Waals surface area contributed by atoms with E-state index in [1.54, 1.807) is 18.5 Å². The minimum atomic E-state index is -0.598. The molecule has 1 aromatic carbocycles. The molecule has 0 radical (unpaired) electrons. The number of halogens is 2. The highest BCUT2D eigenvalue weighted by molar-refractivity contribution is 5.49. The Morgan fingerprint density at radius 3 is 2.70 bits per heavy atom. The molecule has 0 amide bonds. The average molecular weight is 277 g/mol. The lowest BCUT2D eigenvalue weighted by Gasteiger charge is -2.21. The highest BCUT2D eigenvalue weighted by Gasteiger charge is 2.20. The number of hydrogen-bond donors (Lipinski definition) is 2. The zero-order chi connectivity index (χ0) is 14.5. The highest BCUT2D eigenvalue weighted by Crippen LogP contribution is 2.28. The Hall–Kier alpha value is -2.01. The summed E-state index contributed by atoms with van der Waals surface area (Å²) in [5.74, 6) is -1.19. The third-order valence-corrected chi connectivity index (χ3v) is 3.07. The molecule has 2 aromatic rings. The van der Waals surface area contributed by atoms with E-state index in [0.717, 1.165) is 12.5 Å². The molecule has 3 N–H and O–H groups in total. The summed E-state index contributed by atoms with van der Waals surface area (Å²) in [6.45, 7) is 2.70. The largest absolute Gasteiger partial charge is 0.398 e. The van der Waals surface area contributed by atoms with Crippen molar-refractivity contribution >= 4 is 5.69 Å². The van der Waals surface area contributed by atoms with E-state index in [1.165, 1.54) is 12.1 Å². The van der Waals surface area contributed by atoms with E-state index >= 15 is 0 Å². The van der Waals surface area contributed by atoms with Crippen LogP contribution in [0.2, 0.25) is 0 Å². The molecule has 0 saturated carbocycles. The van der Waals surface area contributed by atoms with Gasteiger partial charge in [-0.2, -0.15) is 0 Å². The quantitative estimate of drug-likeness (QED) is 0.883. The Morgan fingerprint density at radius 1 is 1.25 bits per heavy atom. The Bertz CT molecular complexity index is 587. The summed E-state index contributed by atoms with van der Waals surface area (Å²) in [7, 11) is 0. The zero-order valence-electron chi connectivity index (χ0n) is 11.2. The van der Waals surface area contributed by atoms with Crippen molar-refractivity contribution < 1.29 is 8.78 Å². The van der Waals surface area contributed by atoms with Gasteiger partial charge in [-0.3, -0.25) is 4.98 Å². The molecule has 5 heteroatoms. The summed E-state index contributed by atoms with van der Waals surface area (Å²) >= 11 is 0. The molecule has 0 aliphatic carbocycles. The van der Waals surface area contributed by atoms with E-state index in [9.17, 15) is 8.78 Å². The lowest BCUT2D eigenvalue weighted by atomic mass is 9.98. The molecule has 3 nitrogen and oxygen atoms in total. The number of nitrogens with two attached hydrogens (primary N) is 1. The number of pyridine rings is 1. The summed E-state index contributed by atoms with van der Waals surface area (Å²) < 4.78 is 27.1. The van der Waals surface area contributed by atoms with Crippen LogP contribution >= 0.6 is 0 Å². The molecule has 0 saturated heterocycles. The van der Waals surface area contributed by atoms with Gasteiger partial charge >= 0.3 is 0 Å². The van der Waals surface area contributed by atoms with Crippen LogP contribution in [0.4, 0.5) is 14.5 Å². The molecule has 0 aliphatic rings. The third kappa shape index (κ3) is 3.11. The van der Waals surface area contributed by atoms with Crippen molar-refractivity contribution in [1.82, 2.24) is 10.3 Å². The van der Waals surface area contributed by atoms with Crippen LogP contribution in [0, 0.1) is 11.6 Å². The second-order valence-electron chi connectivity index (χ2n) is 4.56. The van der Waals surface area contributed by atoms with Crippen LogP contribution in [0.15, 0.2) is 36.7 Å². The minimum absolute atomic E-state index is 0.361. The highest BCUT2D eigenvalue weighted by atomic mass is 19.1. The maximum absolute atomic E-state index is 14.0. The molecule has 20 heavy (non-hydrogen) atoms. The fourth-order valence-corrected chi connectivity index (χ4v) is 2.07. The first kappa shape index (κ1) is 14.4. The summed E-state index contributed by atoms with van der Waals surface area (Å²) in [4.78, 5) is 4.03. The van der Waals surface area contributed by atoms with E-state index in [2.05, 4.69) is 10.3 Å². The number of benzene rings is 1. The van der Waals surface area contributed by atoms with Crippen LogP contribution in [0.1, 0.15) is 30.5 Å². The summed E-state index contributed by atoms with van der Waals surface area (Å²) in [5.41, 5.74) is 7.51. The minimum Gasteiger partial charge on any atom is -0.398 e. The molecule has 1 atom stereocenters. The van der Waals surface area contributed by atoms with Crippen molar-refractivity contribution in [3.05, 3.63) is 59.4 Å². The van der Waals surface area contributed by atoms with Gasteiger partial charge in [-0.15, -0.1) is 0 Å².